The number of aldehydes is 1. The Morgan fingerprint density at radius 1 is 1.45 bits per heavy atom. The van der Waals surface area contributed by atoms with Crippen molar-refractivity contribution in [1.29, 1.82) is 0 Å². The van der Waals surface area contributed by atoms with Crippen molar-refractivity contribution in [1.82, 2.24) is 14.6 Å². The van der Waals surface area contributed by atoms with Crippen LogP contribution in [0.1, 0.15) is 10.4 Å². The Morgan fingerprint density at radius 2 is 2.36 bits per heavy atom. The molecule has 0 N–H and O–H groups in total. The average Bonchev–Trinajstić information content (AvgIpc) is 2.50. The van der Waals surface area contributed by atoms with E-state index in [0.717, 1.165) is 6.29 Å². The van der Waals surface area contributed by atoms with Crippen LogP contribution < -0.4 is 0 Å². The molecule has 0 saturated carbocycles. The molecule has 2 aromatic heterocycles. The summed E-state index contributed by atoms with van der Waals surface area (Å²) < 4.78 is 1.56. The Hall–Kier alpha value is -1.71. The summed E-state index contributed by atoms with van der Waals surface area (Å²) in [5.74, 6) is 0. The smallest absolute Gasteiger partial charge is 0.164 e. The van der Waals surface area contributed by atoms with Crippen LogP contribution in [0.25, 0.3) is 5.65 Å². The first-order valence-corrected chi connectivity index (χ1v) is 3.15. The van der Waals surface area contributed by atoms with E-state index in [-0.39, 0.29) is 0 Å². The molecule has 0 spiro atoms. The average molecular weight is 147 g/mol. The second-order valence-electron chi connectivity index (χ2n) is 2.10. The van der Waals surface area contributed by atoms with Crippen molar-refractivity contribution in [3.05, 3.63) is 30.2 Å². The molecule has 0 aliphatic carbocycles. The normalized spacial score (nSPS) is 10.2. The second kappa shape index (κ2) is 2.16. The first-order chi connectivity index (χ1) is 5.42. The number of hydrogen-bond acceptors (Lipinski definition) is 3. The van der Waals surface area contributed by atoms with E-state index in [1.165, 1.54) is 0 Å². The Labute approximate surface area is 62.5 Å². The number of carbonyl (C=O) groups excluding carboxylic acids is 1. The van der Waals surface area contributed by atoms with Crippen LogP contribution in [-0.4, -0.2) is 20.9 Å². The van der Waals surface area contributed by atoms with E-state index >= 15 is 0 Å². The van der Waals surface area contributed by atoms with Gasteiger partial charge in [-0.2, -0.15) is 5.10 Å². The van der Waals surface area contributed by atoms with Crippen LogP contribution in [0, 0.1) is 0 Å². The fraction of sp³-hybridized carbons (Fsp3) is 0. The summed E-state index contributed by atoms with van der Waals surface area (Å²) in [6, 6.07) is 1.63. The molecular formula is C7H5N3O. The minimum absolute atomic E-state index is 0.560. The van der Waals surface area contributed by atoms with Gasteiger partial charge in [-0.05, 0) is 6.07 Å². The Kier molecular flexibility index (Phi) is 1.18. The number of aromatic nitrogens is 3. The first kappa shape index (κ1) is 6.03. The lowest BCUT2D eigenvalue weighted by Gasteiger charge is -1.92. The Morgan fingerprint density at radius 3 is 3.18 bits per heavy atom. The SMILES string of the molecule is O=Cc1ccnn2ccnc12. The van der Waals surface area contributed by atoms with E-state index in [4.69, 9.17) is 0 Å². The van der Waals surface area contributed by atoms with Gasteiger partial charge < -0.3 is 0 Å². The summed E-state index contributed by atoms with van der Waals surface area (Å²) in [7, 11) is 0. The zero-order valence-electron chi connectivity index (χ0n) is 5.64. The number of fused-ring (bicyclic) bond motifs is 1. The van der Waals surface area contributed by atoms with Crippen molar-refractivity contribution in [2.45, 2.75) is 0 Å². The summed E-state index contributed by atoms with van der Waals surface area (Å²) in [6.07, 6.45) is 5.64. The minimum Gasteiger partial charge on any atom is -0.298 e. The van der Waals surface area contributed by atoms with Crippen LogP contribution in [-0.2, 0) is 0 Å². The van der Waals surface area contributed by atoms with Crippen molar-refractivity contribution < 1.29 is 4.79 Å². The lowest BCUT2D eigenvalue weighted by atomic mass is 10.3. The highest BCUT2D eigenvalue weighted by Crippen LogP contribution is 2.02. The quantitative estimate of drug-likeness (QED) is 0.553. The highest BCUT2D eigenvalue weighted by atomic mass is 16.1. The van der Waals surface area contributed by atoms with Crippen LogP contribution in [0.3, 0.4) is 0 Å². The molecule has 0 aliphatic heterocycles. The molecule has 0 amide bonds. The van der Waals surface area contributed by atoms with E-state index in [1.54, 1.807) is 29.2 Å². The zero-order valence-corrected chi connectivity index (χ0v) is 5.64. The van der Waals surface area contributed by atoms with Crippen molar-refractivity contribution in [2.75, 3.05) is 0 Å². The standard InChI is InChI=1S/C7H5N3O/c11-5-6-1-2-9-10-4-3-8-7(6)10/h1-5H. The largest absolute Gasteiger partial charge is 0.298 e. The summed E-state index contributed by atoms with van der Waals surface area (Å²) in [4.78, 5) is 14.4. The second-order valence-corrected chi connectivity index (χ2v) is 2.10. The molecule has 4 nitrogen and oxygen atoms in total. The van der Waals surface area contributed by atoms with Crippen LogP contribution in [0.4, 0.5) is 0 Å². The van der Waals surface area contributed by atoms with Crippen LogP contribution in [0.5, 0.6) is 0 Å². The van der Waals surface area contributed by atoms with Crippen LogP contribution in [0.2, 0.25) is 0 Å². The molecule has 54 valence electrons. The van der Waals surface area contributed by atoms with E-state index < -0.39 is 0 Å². The maximum atomic E-state index is 10.4. The molecule has 0 fully saturated rings. The van der Waals surface area contributed by atoms with Crippen LogP contribution >= 0.6 is 0 Å². The van der Waals surface area contributed by atoms with Crippen molar-refractivity contribution >= 4 is 11.9 Å². The number of nitrogens with zero attached hydrogens (tertiary/aromatic N) is 3. The van der Waals surface area contributed by atoms with Gasteiger partial charge in [-0.25, -0.2) is 9.50 Å². The Bertz CT molecular complexity index is 393. The number of carbonyl (C=O) groups is 1. The van der Waals surface area contributed by atoms with Gasteiger partial charge in [0, 0.05) is 18.6 Å². The molecule has 0 saturated heterocycles. The van der Waals surface area contributed by atoms with Gasteiger partial charge in [-0.1, -0.05) is 0 Å². The monoisotopic (exact) mass is 147 g/mol. The van der Waals surface area contributed by atoms with Gasteiger partial charge in [0.25, 0.3) is 0 Å². The molecule has 0 radical (unpaired) electrons. The van der Waals surface area contributed by atoms with Crippen LogP contribution in [0.15, 0.2) is 24.7 Å². The van der Waals surface area contributed by atoms with Crippen molar-refractivity contribution in [3.63, 3.8) is 0 Å². The molecule has 4 heteroatoms. The van der Waals surface area contributed by atoms with Gasteiger partial charge in [-0.3, -0.25) is 4.79 Å². The van der Waals surface area contributed by atoms with E-state index in [2.05, 4.69) is 10.1 Å². The molecule has 2 heterocycles. The fourth-order valence-electron chi connectivity index (χ4n) is 0.949. The number of hydrogen-bond donors (Lipinski definition) is 0. The molecule has 0 bridgehead atoms. The third kappa shape index (κ3) is 0.797. The molecule has 0 aliphatic rings. The topological polar surface area (TPSA) is 47.3 Å². The Balaban J connectivity index is 2.88. The van der Waals surface area contributed by atoms with Crippen molar-refractivity contribution in [3.8, 4) is 0 Å². The van der Waals surface area contributed by atoms with Gasteiger partial charge >= 0.3 is 0 Å². The fourth-order valence-corrected chi connectivity index (χ4v) is 0.949. The molecular weight excluding hydrogens is 142 g/mol. The number of rotatable bonds is 1. The van der Waals surface area contributed by atoms with Gasteiger partial charge in [0.15, 0.2) is 11.9 Å². The van der Waals surface area contributed by atoms with Gasteiger partial charge in [0.2, 0.25) is 0 Å². The lowest BCUT2D eigenvalue weighted by Crippen LogP contribution is -1.93. The van der Waals surface area contributed by atoms with Gasteiger partial charge in [-0.15, -0.1) is 0 Å². The summed E-state index contributed by atoms with van der Waals surface area (Å²) >= 11 is 0. The molecule has 2 aromatic rings. The third-order valence-corrected chi connectivity index (χ3v) is 1.45. The predicted octanol–water partition coefficient (Wildman–Crippen LogP) is 0.542. The maximum absolute atomic E-state index is 10.4. The third-order valence-electron chi connectivity index (χ3n) is 1.45. The molecule has 2 rings (SSSR count). The van der Waals surface area contributed by atoms with Gasteiger partial charge in [0.05, 0.1) is 5.56 Å². The van der Waals surface area contributed by atoms with E-state index in [9.17, 15) is 4.79 Å². The van der Waals surface area contributed by atoms with E-state index in [0.29, 0.717) is 11.2 Å². The zero-order chi connectivity index (χ0) is 7.68. The predicted molar refractivity (Wildman–Crippen MR) is 38.4 cm³/mol. The molecule has 0 unspecified atom stereocenters. The van der Waals surface area contributed by atoms with E-state index in [1.807, 2.05) is 0 Å². The molecule has 0 aromatic carbocycles. The number of imidazole rings is 1. The van der Waals surface area contributed by atoms with Gasteiger partial charge in [0.1, 0.15) is 0 Å². The lowest BCUT2D eigenvalue weighted by molar-refractivity contribution is 0.112. The summed E-state index contributed by atoms with van der Waals surface area (Å²) in [5, 5.41) is 3.95. The minimum atomic E-state index is 0.560. The maximum Gasteiger partial charge on any atom is 0.164 e. The summed E-state index contributed by atoms with van der Waals surface area (Å²) in [6.45, 7) is 0. The first-order valence-electron chi connectivity index (χ1n) is 3.15. The molecule has 11 heavy (non-hydrogen) atoms. The highest BCUT2D eigenvalue weighted by Gasteiger charge is 1.99. The highest BCUT2D eigenvalue weighted by molar-refractivity contribution is 5.83. The summed E-state index contributed by atoms with van der Waals surface area (Å²) in [5.41, 5.74) is 1.16. The molecule has 0 atom stereocenters. The van der Waals surface area contributed by atoms with Crippen molar-refractivity contribution in [2.24, 2.45) is 0 Å².